The van der Waals surface area contributed by atoms with Crippen LogP contribution in [0.25, 0.3) is 0 Å². The fourth-order valence-corrected chi connectivity index (χ4v) is 1.50. The molecule has 1 aromatic carbocycles. The average Bonchev–Trinajstić information content (AvgIpc) is 2.25. The van der Waals surface area contributed by atoms with Crippen molar-refractivity contribution in [3.8, 4) is 0 Å². The maximum atomic E-state index is 10.7. The first-order valence-corrected chi connectivity index (χ1v) is 5.42. The number of nitrogens with one attached hydrogen (secondary N) is 1. The smallest absolute Gasteiger partial charge is 0.235 e. The summed E-state index contributed by atoms with van der Waals surface area (Å²) in [4.78, 5) is 10.7. The fourth-order valence-electron chi connectivity index (χ4n) is 1.30. The van der Waals surface area contributed by atoms with Crippen molar-refractivity contribution in [2.75, 3.05) is 6.54 Å². The molecular weight excluding hydrogens is 226 g/mol. The monoisotopic (exact) mass is 241 g/mol. The molecule has 0 saturated carbocycles. The number of carbonyl (C=O) groups excluding carboxylic acids is 1. The van der Waals surface area contributed by atoms with Gasteiger partial charge in [-0.3, -0.25) is 4.79 Å². The molecule has 2 atom stereocenters. The van der Waals surface area contributed by atoms with E-state index in [4.69, 9.17) is 23.1 Å². The van der Waals surface area contributed by atoms with Crippen LogP contribution in [0.15, 0.2) is 24.3 Å². The lowest BCUT2D eigenvalue weighted by molar-refractivity contribution is -0.119. The Kier molecular flexibility index (Phi) is 4.73. The van der Waals surface area contributed by atoms with Crippen LogP contribution in [0.5, 0.6) is 0 Å². The van der Waals surface area contributed by atoms with E-state index in [2.05, 4.69) is 5.32 Å². The molecule has 0 aromatic heterocycles. The number of benzene rings is 1. The van der Waals surface area contributed by atoms with E-state index in [9.17, 15) is 4.79 Å². The van der Waals surface area contributed by atoms with Crippen LogP contribution in [0.4, 0.5) is 0 Å². The van der Waals surface area contributed by atoms with Gasteiger partial charge in [-0.1, -0.05) is 23.7 Å². The quantitative estimate of drug-likeness (QED) is 0.713. The van der Waals surface area contributed by atoms with Gasteiger partial charge in [-0.15, -0.1) is 0 Å². The highest BCUT2D eigenvalue weighted by atomic mass is 35.5. The third kappa shape index (κ3) is 3.81. The van der Waals surface area contributed by atoms with E-state index in [0.717, 1.165) is 5.56 Å². The largest absolute Gasteiger partial charge is 0.368 e. The minimum absolute atomic E-state index is 0.0732. The first-order valence-electron chi connectivity index (χ1n) is 5.04. The van der Waals surface area contributed by atoms with Gasteiger partial charge in [0.25, 0.3) is 0 Å². The Morgan fingerprint density at radius 2 is 2.25 bits per heavy atom. The fraction of sp³-hybridized carbons (Fsp3) is 0.364. The van der Waals surface area contributed by atoms with Crippen molar-refractivity contribution >= 4 is 17.5 Å². The molecule has 5 heteroatoms. The lowest BCUT2D eigenvalue weighted by Crippen LogP contribution is -2.44. The summed E-state index contributed by atoms with van der Waals surface area (Å²) in [6, 6.07) is 6.93. The number of primary amides is 1. The molecule has 0 aliphatic rings. The summed E-state index contributed by atoms with van der Waals surface area (Å²) in [5.41, 5.74) is 11.6. The van der Waals surface area contributed by atoms with E-state index in [-0.39, 0.29) is 6.04 Å². The number of carbonyl (C=O) groups is 1. The minimum Gasteiger partial charge on any atom is -0.368 e. The molecule has 2 unspecified atom stereocenters. The highest BCUT2D eigenvalue weighted by molar-refractivity contribution is 6.30. The Bertz CT molecular complexity index is 370. The summed E-state index contributed by atoms with van der Waals surface area (Å²) in [6.07, 6.45) is 0. The molecule has 0 saturated heterocycles. The maximum absolute atomic E-state index is 10.7. The van der Waals surface area contributed by atoms with E-state index < -0.39 is 11.9 Å². The van der Waals surface area contributed by atoms with Crippen molar-refractivity contribution in [3.63, 3.8) is 0 Å². The van der Waals surface area contributed by atoms with Crippen molar-refractivity contribution in [3.05, 3.63) is 34.9 Å². The summed E-state index contributed by atoms with van der Waals surface area (Å²) in [6.45, 7) is 2.32. The van der Waals surface area contributed by atoms with Gasteiger partial charge < -0.3 is 16.8 Å². The summed E-state index contributed by atoms with van der Waals surface area (Å²) in [7, 11) is 0. The van der Waals surface area contributed by atoms with Gasteiger partial charge in [0.1, 0.15) is 0 Å². The van der Waals surface area contributed by atoms with Gasteiger partial charge in [-0.2, -0.15) is 0 Å². The Morgan fingerprint density at radius 1 is 1.56 bits per heavy atom. The van der Waals surface area contributed by atoms with Crippen LogP contribution in [0.1, 0.15) is 18.5 Å². The second kappa shape index (κ2) is 5.84. The predicted octanol–water partition coefficient (Wildman–Crippen LogP) is 0.803. The van der Waals surface area contributed by atoms with E-state index >= 15 is 0 Å². The second-order valence-corrected chi connectivity index (χ2v) is 4.13. The standard InChI is InChI=1S/C11H16ClN3O/c1-7(15-6-10(13)11(14)16)8-3-2-4-9(12)5-8/h2-5,7,10,15H,6,13H2,1H3,(H2,14,16). The normalized spacial score (nSPS) is 14.4. The zero-order valence-corrected chi connectivity index (χ0v) is 9.87. The maximum Gasteiger partial charge on any atom is 0.235 e. The topological polar surface area (TPSA) is 81.1 Å². The Morgan fingerprint density at radius 3 is 2.81 bits per heavy atom. The molecule has 0 aliphatic carbocycles. The Labute approximate surface area is 100.0 Å². The van der Waals surface area contributed by atoms with Crippen molar-refractivity contribution < 1.29 is 4.79 Å². The zero-order chi connectivity index (χ0) is 12.1. The van der Waals surface area contributed by atoms with Crippen molar-refractivity contribution in [1.82, 2.24) is 5.32 Å². The predicted molar refractivity (Wildman–Crippen MR) is 65.0 cm³/mol. The Balaban J connectivity index is 2.52. The van der Waals surface area contributed by atoms with Gasteiger partial charge in [0.2, 0.25) is 5.91 Å². The molecule has 4 nitrogen and oxygen atoms in total. The number of nitrogens with two attached hydrogens (primary N) is 2. The Hall–Kier alpha value is -1.10. The molecule has 0 aliphatic heterocycles. The zero-order valence-electron chi connectivity index (χ0n) is 9.11. The number of rotatable bonds is 5. The molecular formula is C11H16ClN3O. The molecule has 5 N–H and O–H groups in total. The summed E-state index contributed by atoms with van der Waals surface area (Å²) >= 11 is 5.88. The number of hydrogen-bond donors (Lipinski definition) is 3. The van der Waals surface area contributed by atoms with Gasteiger partial charge >= 0.3 is 0 Å². The molecule has 1 aromatic rings. The summed E-state index contributed by atoms with van der Waals surface area (Å²) in [5, 5.41) is 3.81. The van der Waals surface area contributed by atoms with Crippen molar-refractivity contribution in [2.24, 2.45) is 11.5 Å². The number of hydrogen-bond acceptors (Lipinski definition) is 3. The van der Waals surface area contributed by atoms with Crippen LogP contribution in [0, 0.1) is 0 Å². The SMILES string of the molecule is CC(NCC(N)C(N)=O)c1cccc(Cl)c1. The van der Waals surface area contributed by atoms with E-state index in [1.807, 2.05) is 31.2 Å². The molecule has 88 valence electrons. The van der Waals surface area contributed by atoms with Crippen LogP contribution < -0.4 is 16.8 Å². The molecule has 0 spiro atoms. The third-order valence-corrected chi connectivity index (χ3v) is 2.59. The van der Waals surface area contributed by atoms with E-state index in [1.54, 1.807) is 0 Å². The van der Waals surface area contributed by atoms with E-state index in [1.165, 1.54) is 0 Å². The molecule has 0 heterocycles. The highest BCUT2D eigenvalue weighted by Crippen LogP contribution is 2.16. The highest BCUT2D eigenvalue weighted by Gasteiger charge is 2.11. The molecule has 16 heavy (non-hydrogen) atoms. The van der Waals surface area contributed by atoms with Gasteiger partial charge in [0.15, 0.2) is 0 Å². The summed E-state index contributed by atoms with van der Waals surface area (Å²) < 4.78 is 0. The third-order valence-electron chi connectivity index (χ3n) is 2.36. The number of amides is 1. The number of halogens is 1. The van der Waals surface area contributed by atoms with Crippen LogP contribution >= 0.6 is 11.6 Å². The van der Waals surface area contributed by atoms with Crippen molar-refractivity contribution in [2.45, 2.75) is 19.0 Å². The van der Waals surface area contributed by atoms with Crippen LogP contribution in [-0.2, 0) is 4.79 Å². The van der Waals surface area contributed by atoms with Gasteiger partial charge in [0.05, 0.1) is 6.04 Å². The van der Waals surface area contributed by atoms with Gasteiger partial charge in [0, 0.05) is 17.6 Å². The molecule has 0 bridgehead atoms. The molecule has 0 fully saturated rings. The lowest BCUT2D eigenvalue weighted by Gasteiger charge is -2.16. The second-order valence-electron chi connectivity index (χ2n) is 3.69. The van der Waals surface area contributed by atoms with Gasteiger partial charge in [-0.25, -0.2) is 0 Å². The lowest BCUT2D eigenvalue weighted by atomic mass is 10.1. The van der Waals surface area contributed by atoms with Crippen LogP contribution in [0.3, 0.4) is 0 Å². The van der Waals surface area contributed by atoms with Crippen LogP contribution in [0.2, 0.25) is 5.02 Å². The van der Waals surface area contributed by atoms with Gasteiger partial charge in [-0.05, 0) is 24.6 Å². The minimum atomic E-state index is -0.665. The van der Waals surface area contributed by atoms with E-state index in [0.29, 0.717) is 11.6 Å². The first kappa shape index (κ1) is 13.0. The summed E-state index contributed by atoms with van der Waals surface area (Å²) in [5.74, 6) is -0.509. The first-order chi connectivity index (χ1) is 7.50. The van der Waals surface area contributed by atoms with Crippen molar-refractivity contribution in [1.29, 1.82) is 0 Å². The average molecular weight is 242 g/mol. The van der Waals surface area contributed by atoms with Crippen LogP contribution in [-0.4, -0.2) is 18.5 Å². The molecule has 1 amide bonds. The molecule has 1 rings (SSSR count). The molecule has 0 radical (unpaired) electrons.